The molecule has 0 aromatic carbocycles. The second-order valence-electron chi connectivity index (χ2n) is 4.81. The summed E-state index contributed by atoms with van der Waals surface area (Å²) in [5, 5.41) is 3.34. The summed E-state index contributed by atoms with van der Waals surface area (Å²) in [5.74, 6) is 1.22. The first-order valence-corrected chi connectivity index (χ1v) is 6.21. The molecule has 94 valence electrons. The van der Waals surface area contributed by atoms with Gasteiger partial charge in [-0.25, -0.2) is 9.97 Å². The van der Waals surface area contributed by atoms with Crippen molar-refractivity contribution in [1.29, 1.82) is 0 Å². The van der Waals surface area contributed by atoms with Crippen molar-refractivity contribution in [2.75, 3.05) is 31.9 Å². The summed E-state index contributed by atoms with van der Waals surface area (Å²) in [6.45, 7) is 9.22. The van der Waals surface area contributed by atoms with Crippen molar-refractivity contribution < 1.29 is 0 Å². The van der Waals surface area contributed by atoms with E-state index in [1.807, 2.05) is 0 Å². The van der Waals surface area contributed by atoms with Crippen LogP contribution in [0.4, 0.5) is 5.69 Å². The van der Waals surface area contributed by atoms with Crippen LogP contribution < -0.4 is 11.1 Å². The van der Waals surface area contributed by atoms with Crippen LogP contribution in [0.3, 0.4) is 0 Å². The maximum Gasteiger partial charge on any atom is 0.131 e. The first kappa shape index (κ1) is 12.3. The van der Waals surface area contributed by atoms with Crippen LogP contribution in [0.1, 0.15) is 31.3 Å². The molecule has 0 aliphatic carbocycles. The van der Waals surface area contributed by atoms with Gasteiger partial charge in [0, 0.05) is 38.6 Å². The number of nitrogens with zero attached hydrogens (tertiary/aromatic N) is 3. The predicted octanol–water partition coefficient (Wildman–Crippen LogP) is 0.587. The molecule has 1 fully saturated rings. The topological polar surface area (TPSA) is 67.1 Å². The Kier molecular flexibility index (Phi) is 3.91. The average Bonchev–Trinajstić information content (AvgIpc) is 2.33. The summed E-state index contributed by atoms with van der Waals surface area (Å²) in [5.41, 5.74) is 7.60. The zero-order valence-corrected chi connectivity index (χ0v) is 10.6. The van der Waals surface area contributed by atoms with Gasteiger partial charge < -0.3 is 11.1 Å². The summed E-state index contributed by atoms with van der Waals surface area (Å²) in [6.07, 6.45) is 1.74. The number of hydrogen-bond acceptors (Lipinski definition) is 5. The van der Waals surface area contributed by atoms with Crippen molar-refractivity contribution in [1.82, 2.24) is 20.2 Å². The Morgan fingerprint density at radius 3 is 2.76 bits per heavy atom. The highest BCUT2D eigenvalue weighted by Crippen LogP contribution is 2.15. The van der Waals surface area contributed by atoms with E-state index in [1.54, 1.807) is 6.20 Å². The molecular formula is C12H21N5. The van der Waals surface area contributed by atoms with Crippen LogP contribution in [0.5, 0.6) is 0 Å². The van der Waals surface area contributed by atoms with Gasteiger partial charge in [0.2, 0.25) is 0 Å². The Labute approximate surface area is 102 Å². The van der Waals surface area contributed by atoms with Crippen LogP contribution in [0.15, 0.2) is 6.20 Å². The zero-order valence-electron chi connectivity index (χ0n) is 10.6. The predicted molar refractivity (Wildman–Crippen MR) is 68.7 cm³/mol. The molecule has 1 aliphatic rings. The number of anilines is 1. The lowest BCUT2D eigenvalue weighted by Crippen LogP contribution is -2.43. The summed E-state index contributed by atoms with van der Waals surface area (Å²) in [6, 6.07) is 0. The third kappa shape index (κ3) is 3.14. The standard InChI is InChI=1S/C12H21N5/c1-9(2)12-15-7-10(13)11(16-12)8-17-5-3-14-4-6-17/h7,9,14H,3-6,8,13H2,1-2H3. The zero-order chi connectivity index (χ0) is 12.3. The van der Waals surface area contributed by atoms with E-state index in [1.165, 1.54) is 0 Å². The molecule has 0 unspecified atom stereocenters. The molecule has 2 heterocycles. The number of hydrogen-bond donors (Lipinski definition) is 2. The van der Waals surface area contributed by atoms with Crippen molar-refractivity contribution in [2.24, 2.45) is 0 Å². The van der Waals surface area contributed by atoms with Crippen molar-refractivity contribution >= 4 is 5.69 Å². The number of piperazine rings is 1. The van der Waals surface area contributed by atoms with Crippen LogP contribution in [-0.4, -0.2) is 41.0 Å². The summed E-state index contributed by atoms with van der Waals surface area (Å²) >= 11 is 0. The number of aromatic nitrogens is 2. The number of nitrogens with two attached hydrogens (primary N) is 1. The minimum Gasteiger partial charge on any atom is -0.396 e. The molecule has 17 heavy (non-hydrogen) atoms. The highest BCUT2D eigenvalue weighted by molar-refractivity contribution is 5.40. The molecule has 1 aliphatic heterocycles. The Bertz CT molecular complexity index is 371. The molecule has 5 nitrogen and oxygen atoms in total. The Hall–Kier alpha value is -1.20. The van der Waals surface area contributed by atoms with Crippen LogP contribution in [-0.2, 0) is 6.54 Å². The lowest BCUT2D eigenvalue weighted by molar-refractivity contribution is 0.231. The Morgan fingerprint density at radius 1 is 1.41 bits per heavy atom. The molecule has 1 aromatic heterocycles. The molecule has 0 atom stereocenters. The lowest BCUT2D eigenvalue weighted by Gasteiger charge is -2.27. The molecule has 1 saturated heterocycles. The maximum atomic E-state index is 5.94. The summed E-state index contributed by atoms with van der Waals surface area (Å²) in [7, 11) is 0. The van der Waals surface area contributed by atoms with Crippen LogP contribution >= 0.6 is 0 Å². The van der Waals surface area contributed by atoms with Gasteiger partial charge in [-0.15, -0.1) is 0 Å². The van der Waals surface area contributed by atoms with Gasteiger partial charge in [-0.05, 0) is 0 Å². The Balaban J connectivity index is 2.10. The molecule has 0 amide bonds. The highest BCUT2D eigenvalue weighted by Gasteiger charge is 2.14. The molecular weight excluding hydrogens is 214 g/mol. The van der Waals surface area contributed by atoms with Crippen LogP contribution in [0.25, 0.3) is 0 Å². The fraction of sp³-hybridized carbons (Fsp3) is 0.667. The third-order valence-corrected chi connectivity index (χ3v) is 3.02. The van der Waals surface area contributed by atoms with E-state index >= 15 is 0 Å². The quantitative estimate of drug-likeness (QED) is 0.802. The van der Waals surface area contributed by atoms with Gasteiger partial charge in [0.05, 0.1) is 17.6 Å². The SMILES string of the molecule is CC(C)c1ncc(N)c(CN2CCNCC2)n1. The van der Waals surface area contributed by atoms with Gasteiger partial charge in [-0.3, -0.25) is 4.90 Å². The van der Waals surface area contributed by atoms with Gasteiger partial charge in [-0.1, -0.05) is 13.8 Å². The average molecular weight is 235 g/mol. The second-order valence-corrected chi connectivity index (χ2v) is 4.81. The molecule has 0 bridgehead atoms. The molecule has 1 aromatic rings. The van der Waals surface area contributed by atoms with E-state index < -0.39 is 0 Å². The van der Waals surface area contributed by atoms with Gasteiger partial charge in [0.25, 0.3) is 0 Å². The van der Waals surface area contributed by atoms with E-state index in [0.29, 0.717) is 11.6 Å². The smallest absolute Gasteiger partial charge is 0.131 e. The Morgan fingerprint density at radius 2 is 2.12 bits per heavy atom. The minimum atomic E-state index is 0.345. The van der Waals surface area contributed by atoms with Crippen LogP contribution in [0, 0.1) is 0 Å². The molecule has 2 rings (SSSR count). The number of nitrogens with one attached hydrogen (secondary N) is 1. The normalized spacial score (nSPS) is 17.6. The fourth-order valence-corrected chi connectivity index (χ4v) is 1.93. The molecule has 3 N–H and O–H groups in total. The summed E-state index contributed by atoms with van der Waals surface area (Å²) in [4.78, 5) is 11.2. The van der Waals surface area contributed by atoms with Gasteiger partial charge >= 0.3 is 0 Å². The van der Waals surface area contributed by atoms with Crippen molar-refractivity contribution in [3.05, 3.63) is 17.7 Å². The largest absolute Gasteiger partial charge is 0.396 e. The van der Waals surface area contributed by atoms with E-state index in [-0.39, 0.29) is 0 Å². The van der Waals surface area contributed by atoms with Crippen LogP contribution in [0.2, 0.25) is 0 Å². The minimum absolute atomic E-state index is 0.345. The maximum absolute atomic E-state index is 5.94. The lowest BCUT2D eigenvalue weighted by atomic mass is 10.2. The number of nitrogen functional groups attached to an aromatic ring is 1. The van der Waals surface area contributed by atoms with E-state index in [0.717, 1.165) is 44.2 Å². The molecule has 0 radical (unpaired) electrons. The van der Waals surface area contributed by atoms with Gasteiger partial charge in [0.1, 0.15) is 5.82 Å². The van der Waals surface area contributed by atoms with Crippen molar-refractivity contribution in [3.8, 4) is 0 Å². The van der Waals surface area contributed by atoms with Gasteiger partial charge in [-0.2, -0.15) is 0 Å². The first-order valence-electron chi connectivity index (χ1n) is 6.21. The van der Waals surface area contributed by atoms with Crippen molar-refractivity contribution in [3.63, 3.8) is 0 Å². The monoisotopic (exact) mass is 235 g/mol. The highest BCUT2D eigenvalue weighted by atomic mass is 15.2. The second kappa shape index (κ2) is 5.42. The van der Waals surface area contributed by atoms with E-state index in [2.05, 4.69) is 34.0 Å². The first-order chi connectivity index (χ1) is 8.16. The fourth-order valence-electron chi connectivity index (χ4n) is 1.93. The molecule has 5 heteroatoms. The van der Waals surface area contributed by atoms with Crippen molar-refractivity contribution in [2.45, 2.75) is 26.3 Å². The van der Waals surface area contributed by atoms with E-state index in [4.69, 9.17) is 5.73 Å². The third-order valence-electron chi connectivity index (χ3n) is 3.02. The molecule has 0 spiro atoms. The van der Waals surface area contributed by atoms with Gasteiger partial charge in [0.15, 0.2) is 0 Å². The molecule has 0 saturated carbocycles. The number of rotatable bonds is 3. The van der Waals surface area contributed by atoms with E-state index in [9.17, 15) is 0 Å². The summed E-state index contributed by atoms with van der Waals surface area (Å²) < 4.78 is 0.